The monoisotopic (exact) mass is 204 g/mol. The zero-order valence-corrected chi connectivity index (χ0v) is 8.86. The van der Waals surface area contributed by atoms with Gasteiger partial charge in [-0.3, -0.25) is 4.79 Å². The van der Waals surface area contributed by atoms with E-state index in [0.717, 1.165) is 5.56 Å². The van der Waals surface area contributed by atoms with E-state index in [0.29, 0.717) is 13.0 Å². The van der Waals surface area contributed by atoms with E-state index in [1.54, 1.807) is 0 Å². The van der Waals surface area contributed by atoms with Crippen LogP contribution in [0.4, 0.5) is 0 Å². The van der Waals surface area contributed by atoms with Crippen molar-refractivity contribution in [1.29, 1.82) is 0 Å². The van der Waals surface area contributed by atoms with Gasteiger partial charge in [0, 0.05) is 24.9 Å². The van der Waals surface area contributed by atoms with Crippen LogP contribution < -0.4 is 11.1 Å². The van der Waals surface area contributed by atoms with Gasteiger partial charge in [0.15, 0.2) is 0 Å². The lowest BCUT2D eigenvalue weighted by Crippen LogP contribution is -2.23. The Morgan fingerprint density at radius 2 is 2.07 bits per heavy atom. The fourth-order valence-electron chi connectivity index (χ4n) is 1.94. The van der Waals surface area contributed by atoms with Crippen LogP contribution in [0.5, 0.6) is 0 Å². The first-order chi connectivity index (χ1) is 7.16. The highest BCUT2D eigenvalue weighted by Gasteiger charge is 2.27. The molecule has 15 heavy (non-hydrogen) atoms. The first-order valence-electron chi connectivity index (χ1n) is 5.25. The summed E-state index contributed by atoms with van der Waals surface area (Å²) < 4.78 is 0. The van der Waals surface area contributed by atoms with E-state index in [4.69, 9.17) is 5.73 Å². The van der Waals surface area contributed by atoms with Crippen LogP contribution in [0, 0.1) is 12.8 Å². The summed E-state index contributed by atoms with van der Waals surface area (Å²) in [7, 11) is 0. The molecule has 1 aliphatic rings. The molecule has 3 heteroatoms. The van der Waals surface area contributed by atoms with Crippen LogP contribution in [-0.4, -0.2) is 12.5 Å². The summed E-state index contributed by atoms with van der Waals surface area (Å²) in [5.41, 5.74) is 8.46. The third-order valence-corrected chi connectivity index (χ3v) is 2.98. The van der Waals surface area contributed by atoms with Crippen molar-refractivity contribution >= 4 is 5.91 Å². The Balaban J connectivity index is 2.10. The predicted molar refractivity (Wildman–Crippen MR) is 59.2 cm³/mol. The Kier molecular flexibility index (Phi) is 2.73. The summed E-state index contributed by atoms with van der Waals surface area (Å²) >= 11 is 0. The van der Waals surface area contributed by atoms with Gasteiger partial charge in [0.05, 0.1) is 0 Å². The van der Waals surface area contributed by atoms with Gasteiger partial charge in [0.25, 0.3) is 0 Å². The first kappa shape index (κ1) is 10.2. The summed E-state index contributed by atoms with van der Waals surface area (Å²) in [4.78, 5) is 11.1. The van der Waals surface area contributed by atoms with E-state index in [2.05, 4.69) is 24.4 Å². The Bertz CT molecular complexity index is 358. The van der Waals surface area contributed by atoms with Crippen molar-refractivity contribution in [3.8, 4) is 0 Å². The van der Waals surface area contributed by atoms with E-state index in [9.17, 15) is 4.79 Å². The van der Waals surface area contributed by atoms with Crippen molar-refractivity contribution in [1.82, 2.24) is 5.32 Å². The highest BCUT2D eigenvalue weighted by molar-refractivity contribution is 5.78. The summed E-state index contributed by atoms with van der Waals surface area (Å²) in [6.07, 6.45) is 0.551. The second-order valence-electron chi connectivity index (χ2n) is 4.20. The van der Waals surface area contributed by atoms with Gasteiger partial charge in [0.2, 0.25) is 5.91 Å². The lowest BCUT2D eigenvalue weighted by atomic mass is 9.92. The number of carbonyl (C=O) groups is 1. The highest BCUT2D eigenvalue weighted by Crippen LogP contribution is 2.24. The third kappa shape index (κ3) is 2.18. The molecule has 0 spiro atoms. The van der Waals surface area contributed by atoms with Gasteiger partial charge in [-0.2, -0.15) is 0 Å². The van der Waals surface area contributed by atoms with Crippen LogP contribution in [0.1, 0.15) is 23.6 Å². The van der Waals surface area contributed by atoms with Crippen molar-refractivity contribution in [3.63, 3.8) is 0 Å². The zero-order chi connectivity index (χ0) is 10.8. The molecule has 1 heterocycles. The van der Waals surface area contributed by atoms with Crippen LogP contribution in [0.15, 0.2) is 24.3 Å². The molecule has 0 bridgehead atoms. The van der Waals surface area contributed by atoms with Gasteiger partial charge in [0.1, 0.15) is 0 Å². The molecule has 1 aromatic carbocycles. The number of hydrogen-bond donors (Lipinski definition) is 2. The number of amides is 1. The van der Waals surface area contributed by atoms with E-state index in [1.165, 1.54) is 5.56 Å². The van der Waals surface area contributed by atoms with E-state index >= 15 is 0 Å². The lowest BCUT2D eigenvalue weighted by molar-refractivity contribution is -0.119. The smallest absolute Gasteiger partial charge is 0.220 e. The first-order valence-corrected chi connectivity index (χ1v) is 5.25. The molecule has 80 valence electrons. The number of aryl methyl sites for hydroxylation is 1. The average molecular weight is 204 g/mol. The molecule has 2 rings (SSSR count). The van der Waals surface area contributed by atoms with Crippen molar-refractivity contribution in [2.45, 2.75) is 19.4 Å². The SMILES string of the molecule is Cc1ccc(C(N)C2CNC(=O)C2)cc1. The summed E-state index contributed by atoms with van der Waals surface area (Å²) in [5, 5.41) is 2.81. The molecule has 0 saturated carbocycles. The molecule has 1 aliphatic heterocycles. The molecule has 1 saturated heterocycles. The van der Waals surface area contributed by atoms with Crippen LogP contribution in [0.2, 0.25) is 0 Å². The Morgan fingerprint density at radius 1 is 1.40 bits per heavy atom. The number of nitrogens with two attached hydrogens (primary N) is 1. The van der Waals surface area contributed by atoms with Crippen molar-refractivity contribution in [3.05, 3.63) is 35.4 Å². The third-order valence-electron chi connectivity index (χ3n) is 2.98. The minimum atomic E-state index is -0.0375. The molecule has 2 atom stereocenters. The highest BCUT2D eigenvalue weighted by atomic mass is 16.1. The molecule has 0 aliphatic carbocycles. The fourth-order valence-corrected chi connectivity index (χ4v) is 1.94. The normalized spacial score (nSPS) is 22.5. The van der Waals surface area contributed by atoms with Gasteiger partial charge in [-0.25, -0.2) is 0 Å². The molecule has 0 aromatic heterocycles. The number of rotatable bonds is 2. The summed E-state index contributed by atoms with van der Waals surface area (Å²) in [6.45, 7) is 2.75. The molecule has 2 unspecified atom stereocenters. The minimum Gasteiger partial charge on any atom is -0.356 e. The van der Waals surface area contributed by atoms with Crippen LogP contribution >= 0.6 is 0 Å². The van der Waals surface area contributed by atoms with Crippen molar-refractivity contribution in [2.24, 2.45) is 11.7 Å². The molecule has 3 nitrogen and oxygen atoms in total. The lowest BCUT2D eigenvalue weighted by Gasteiger charge is -2.17. The number of carbonyl (C=O) groups excluding carboxylic acids is 1. The van der Waals surface area contributed by atoms with Gasteiger partial charge in [-0.15, -0.1) is 0 Å². The second-order valence-corrected chi connectivity index (χ2v) is 4.20. The quantitative estimate of drug-likeness (QED) is 0.758. The maximum absolute atomic E-state index is 11.1. The summed E-state index contributed by atoms with van der Waals surface area (Å²) in [5.74, 6) is 0.350. The van der Waals surface area contributed by atoms with Gasteiger partial charge in [-0.05, 0) is 12.5 Å². The zero-order valence-electron chi connectivity index (χ0n) is 8.86. The molecule has 3 N–H and O–H groups in total. The number of nitrogens with one attached hydrogen (secondary N) is 1. The maximum Gasteiger partial charge on any atom is 0.220 e. The van der Waals surface area contributed by atoms with E-state index in [1.807, 2.05) is 12.1 Å². The van der Waals surface area contributed by atoms with Gasteiger partial charge < -0.3 is 11.1 Å². The molecule has 1 fully saturated rings. The van der Waals surface area contributed by atoms with Gasteiger partial charge >= 0.3 is 0 Å². The van der Waals surface area contributed by atoms with E-state index < -0.39 is 0 Å². The molecule has 0 radical (unpaired) electrons. The van der Waals surface area contributed by atoms with E-state index in [-0.39, 0.29) is 17.9 Å². The van der Waals surface area contributed by atoms with Crippen LogP contribution in [0.25, 0.3) is 0 Å². The molecular weight excluding hydrogens is 188 g/mol. The largest absolute Gasteiger partial charge is 0.356 e. The number of benzene rings is 1. The molecular formula is C12H16N2O. The topological polar surface area (TPSA) is 55.1 Å². The predicted octanol–water partition coefficient (Wildman–Crippen LogP) is 1.13. The molecule has 1 aromatic rings. The Morgan fingerprint density at radius 3 is 2.60 bits per heavy atom. The van der Waals surface area contributed by atoms with Crippen LogP contribution in [0.3, 0.4) is 0 Å². The second kappa shape index (κ2) is 4.03. The minimum absolute atomic E-state index is 0.0375. The fraction of sp³-hybridized carbons (Fsp3) is 0.417. The Hall–Kier alpha value is -1.35. The van der Waals surface area contributed by atoms with Crippen molar-refractivity contribution < 1.29 is 4.79 Å². The molecule has 1 amide bonds. The van der Waals surface area contributed by atoms with Crippen molar-refractivity contribution in [2.75, 3.05) is 6.54 Å². The Labute approximate surface area is 89.7 Å². The number of hydrogen-bond acceptors (Lipinski definition) is 2. The van der Waals surface area contributed by atoms with Crippen LogP contribution in [-0.2, 0) is 4.79 Å². The summed E-state index contributed by atoms with van der Waals surface area (Å²) in [6, 6.07) is 8.16. The maximum atomic E-state index is 11.1. The standard InChI is InChI=1S/C12H16N2O/c1-8-2-4-9(5-3-8)12(13)10-6-11(15)14-7-10/h2-5,10,12H,6-7,13H2,1H3,(H,14,15). The van der Waals surface area contributed by atoms with Gasteiger partial charge in [-0.1, -0.05) is 29.8 Å². The average Bonchev–Trinajstić information content (AvgIpc) is 2.65.